The van der Waals surface area contributed by atoms with Crippen LogP contribution in [0.3, 0.4) is 0 Å². The molecule has 1 aliphatic heterocycles. The van der Waals surface area contributed by atoms with E-state index >= 15 is 0 Å². The Hall–Kier alpha value is -2.00. The van der Waals surface area contributed by atoms with E-state index in [9.17, 15) is 0 Å². The number of benzene rings is 2. The molecule has 1 aliphatic carbocycles. The number of hydrogen-bond donors (Lipinski definition) is 1. The fourth-order valence-corrected chi connectivity index (χ4v) is 3.41. The second-order valence-corrected chi connectivity index (χ2v) is 5.46. The van der Waals surface area contributed by atoms with Crippen LogP contribution >= 0.6 is 0 Å². The van der Waals surface area contributed by atoms with Gasteiger partial charge in [-0.05, 0) is 47.7 Å². The summed E-state index contributed by atoms with van der Waals surface area (Å²) in [4.78, 5) is 0. The van der Waals surface area contributed by atoms with E-state index in [1.54, 1.807) is 0 Å². The summed E-state index contributed by atoms with van der Waals surface area (Å²) >= 11 is 0. The third kappa shape index (κ3) is 1.70. The molecule has 0 fully saturated rings. The van der Waals surface area contributed by atoms with Gasteiger partial charge in [0, 0.05) is 5.92 Å². The molecule has 20 heavy (non-hydrogen) atoms. The van der Waals surface area contributed by atoms with Gasteiger partial charge in [-0.3, -0.25) is 0 Å². The zero-order chi connectivity index (χ0) is 13.5. The lowest BCUT2D eigenvalue weighted by Gasteiger charge is -2.13. The molecular weight excluding hydrogens is 250 g/mol. The normalized spacial score (nSPS) is 22.9. The summed E-state index contributed by atoms with van der Waals surface area (Å²) in [6.07, 6.45) is 1.08. The Morgan fingerprint density at radius 2 is 1.80 bits per heavy atom. The maximum absolute atomic E-state index is 5.93. The number of nitrogens with two attached hydrogens (primary N) is 1. The molecule has 2 unspecified atom stereocenters. The van der Waals surface area contributed by atoms with Gasteiger partial charge in [-0.2, -0.15) is 0 Å². The van der Waals surface area contributed by atoms with E-state index in [1.807, 2.05) is 6.07 Å². The lowest BCUT2D eigenvalue weighted by molar-refractivity contribution is 0.174. The summed E-state index contributed by atoms with van der Waals surface area (Å²) in [5.41, 5.74) is 10.0. The average Bonchev–Trinajstić information content (AvgIpc) is 3.10. The Morgan fingerprint density at radius 1 is 1.00 bits per heavy atom. The predicted octanol–water partition coefficient (Wildman–Crippen LogP) is 2.99. The maximum Gasteiger partial charge on any atom is 0.231 e. The molecule has 4 rings (SSSR count). The summed E-state index contributed by atoms with van der Waals surface area (Å²) in [6, 6.07) is 14.9. The van der Waals surface area contributed by atoms with Crippen molar-refractivity contribution in [3.05, 3.63) is 59.2 Å². The summed E-state index contributed by atoms with van der Waals surface area (Å²) in [7, 11) is 0. The highest BCUT2D eigenvalue weighted by molar-refractivity contribution is 5.50. The molecule has 0 saturated heterocycles. The summed E-state index contributed by atoms with van der Waals surface area (Å²) in [5.74, 6) is 2.57. The molecule has 1 heterocycles. The monoisotopic (exact) mass is 267 g/mol. The molecule has 0 amide bonds. The Morgan fingerprint density at radius 3 is 2.65 bits per heavy atom. The Kier molecular flexibility index (Phi) is 2.67. The van der Waals surface area contributed by atoms with Gasteiger partial charge in [0.05, 0.1) is 0 Å². The second kappa shape index (κ2) is 4.53. The molecule has 2 N–H and O–H groups in total. The van der Waals surface area contributed by atoms with Crippen LogP contribution in [0.4, 0.5) is 0 Å². The molecule has 0 aromatic heterocycles. The highest BCUT2D eigenvalue weighted by atomic mass is 16.7. The van der Waals surface area contributed by atoms with Gasteiger partial charge in [0.2, 0.25) is 6.79 Å². The first-order valence-electron chi connectivity index (χ1n) is 7.05. The van der Waals surface area contributed by atoms with Gasteiger partial charge in [-0.25, -0.2) is 0 Å². The van der Waals surface area contributed by atoms with Gasteiger partial charge in [-0.1, -0.05) is 30.3 Å². The van der Waals surface area contributed by atoms with Crippen LogP contribution in [-0.4, -0.2) is 13.3 Å². The quantitative estimate of drug-likeness (QED) is 0.909. The van der Waals surface area contributed by atoms with Gasteiger partial charge < -0.3 is 15.2 Å². The number of fused-ring (bicyclic) bond motifs is 2. The number of ether oxygens (including phenoxy) is 2. The minimum absolute atomic E-state index is 0.325. The van der Waals surface area contributed by atoms with E-state index < -0.39 is 0 Å². The van der Waals surface area contributed by atoms with E-state index in [2.05, 4.69) is 36.4 Å². The molecule has 2 aliphatic rings. The second-order valence-electron chi connectivity index (χ2n) is 5.46. The van der Waals surface area contributed by atoms with Gasteiger partial charge in [-0.15, -0.1) is 0 Å². The summed E-state index contributed by atoms with van der Waals surface area (Å²) in [6.45, 7) is 1.03. The highest BCUT2D eigenvalue weighted by Gasteiger charge is 2.31. The topological polar surface area (TPSA) is 44.5 Å². The van der Waals surface area contributed by atoms with Crippen molar-refractivity contribution < 1.29 is 9.47 Å². The van der Waals surface area contributed by atoms with Crippen molar-refractivity contribution in [2.24, 2.45) is 5.73 Å². The fourth-order valence-electron chi connectivity index (χ4n) is 3.41. The predicted molar refractivity (Wildman–Crippen MR) is 77.3 cm³/mol. The van der Waals surface area contributed by atoms with Crippen LogP contribution in [0.15, 0.2) is 42.5 Å². The molecule has 0 radical (unpaired) electrons. The molecule has 102 valence electrons. The van der Waals surface area contributed by atoms with E-state index in [1.165, 1.54) is 16.7 Å². The average molecular weight is 267 g/mol. The minimum atomic E-state index is 0.325. The highest BCUT2D eigenvalue weighted by Crippen LogP contribution is 2.46. The van der Waals surface area contributed by atoms with Crippen molar-refractivity contribution >= 4 is 0 Å². The van der Waals surface area contributed by atoms with E-state index in [0.29, 0.717) is 25.2 Å². The Labute approximate surface area is 118 Å². The van der Waals surface area contributed by atoms with Crippen molar-refractivity contribution in [2.45, 2.75) is 18.3 Å². The molecule has 3 heteroatoms. The first-order chi connectivity index (χ1) is 9.86. The molecule has 0 saturated carbocycles. The van der Waals surface area contributed by atoms with Crippen LogP contribution in [0.5, 0.6) is 11.5 Å². The van der Waals surface area contributed by atoms with Crippen LogP contribution in [0.1, 0.15) is 34.9 Å². The summed E-state index contributed by atoms with van der Waals surface area (Å²) < 4.78 is 10.9. The zero-order valence-corrected chi connectivity index (χ0v) is 11.2. The third-order valence-corrected chi connectivity index (χ3v) is 4.41. The molecule has 2 atom stereocenters. The van der Waals surface area contributed by atoms with Gasteiger partial charge >= 0.3 is 0 Å². The first-order valence-corrected chi connectivity index (χ1v) is 7.05. The molecule has 0 bridgehead atoms. The van der Waals surface area contributed by atoms with Crippen LogP contribution in [0.2, 0.25) is 0 Å². The van der Waals surface area contributed by atoms with Crippen molar-refractivity contribution in [3.63, 3.8) is 0 Å². The Balaban J connectivity index is 1.76. The van der Waals surface area contributed by atoms with Crippen LogP contribution < -0.4 is 15.2 Å². The number of hydrogen-bond acceptors (Lipinski definition) is 3. The zero-order valence-electron chi connectivity index (χ0n) is 11.2. The Bertz CT molecular complexity index is 653. The van der Waals surface area contributed by atoms with E-state index in [0.717, 1.165) is 17.9 Å². The van der Waals surface area contributed by atoms with E-state index in [-0.39, 0.29) is 0 Å². The summed E-state index contributed by atoms with van der Waals surface area (Å²) in [5, 5.41) is 0. The smallest absolute Gasteiger partial charge is 0.231 e. The molecular formula is C17H17NO2. The van der Waals surface area contributed by atoms with Crippen molar-refractivity contribution in [2.75, 3.05) is 13.3 Å². The first kappa shape index (κ1) is 11.8. The van der Waals surface area contributed by atoms with Crippen LogP contribution in [-0.2, 0) is 0 Å². The van der Waals surface area contributed by atoms with Crippen molar-refractivity contribution in [3.8, 4) is 11.5 Å². The van der Waals surface area contributed by atoms with E-state index in [4.69, 9.17) is 15.2 Å². The lowest BCUT2D eigenvalue weighted by atomic mass is 9.92. The minimum Gasteiger partial charge on any atom is -0.454 e. The standard InChI is InChI=1S/C17H17NO2/c18-9-12-7-15(14-4-2-1-3-13(12)14)11-5-6-16-17(8-11)20-10-19-16/h1-6,8,12,15H,7,9-10,18H2. The van der Waals surface area contributed by atoms with Crippen molar-refractivity contribution in [1.29, 1.82) is 0 Å². The van der Waals surface area contributed by atoms with Crippen molar-refractivity contribution in [1.82, 2.24) is 0 Å². The SMILES string of the molecule is NCC1CC(c2ccc3c(c2)OCO3)c2ccccc21. The molecule has 2 aromatic rings. The van der Waals surface area contributed by atoms with Gasteiger partial charge in [0.25, 0.3) is 0 Å². The number of rotatable bonds is 2. The maximum atomic E-state index is 5.93. The van der Waals surface area contributed by atoms with Crippen LogP contribution in [0, 0.1) is 0 Å². The lowest BCUT2D eigenvalue weighted by Crippen LogP contribution is -2.09. The molecule has 2 aromatic carbocycles. The molecule has 0 spiro atoms. The molecule has 3 nitrogen and oxygen atoms in total. The fraction of sp³-hybridized carbons (Fsp3) is 0.294. The largest absolute Gasteiger partial charge is 0.454 e. The van der Waals surface area contributed by atoms with Gasteiger partial charge in [0.15, 0.2) is 11.5 Å². The van der Waals surface area contributed by atoms with Gasteiger partial charge in [0.1, 0.15) is 0 Å². The third-order valence-electron chi connectivity index (χ3n) is 4.41. The van der Waals surface area contributed by atoms with Crippen LogP contribution in [0.25, 0.3) is 0 Å².